The van der Waals surface area contributed by atoms with Crippen LogP contribution in [-0.4, -0.2) is 36.0 Å². The lowest BCUT2D eigenvalue weighted by Gasteiger charge is -2.16. The number of hydrogen-bond donors (Lipinski definition) is 1. The molecule has 0 saturated carbocycles. The predicted molar refractivity (Wildman–Crippen MR) is 92.6 cm³/mol. The molecule has 0 aliphatic rings. The van der Waals surface area contributed by atoms with Gasteiger partial charge in [-0.25, -0.2) is 14.4 Å². The second-order valence-electron chi connectivity index (χ2n) is 5.68. The lowest BCUT2D eigenvalue weighted by molar-refractivity contribution is 0.0953. The molecule has 0 saturated heterocycles. The predicted octanol–water partition coefficient (Wildman–Crippen LogP) is 2.82. The normalized spacial score (nSPS) is 10.5. The molecule has 128 valence electrons. The van der Waals surface area contributed by atoms with Crippen molar-refractivity contribution in [3.8, 4) is 0 Å². The molecule has 1 amide bonds. The summed E-state index contributed by atoms with van der Waals surface area (Å²) in [6, 6.07) is 6.26. The first-order chi connectivity index (χ1) is 11.6. The van der Waals surface area contributed by atoms with Crippen molar-refractivity contribution in [3.05, 3.63) is 53.6 Å². The lowest BCUT2D eigenvalue weighted by atomic mass is 10.1. The van der Waals surface area contributed by atoms with E-state index in [9.17, 15) is 9.18 Å². The fourth-order valence-electron chi connectivity index (χ4n) is 2.20. The second kappa shape index (κ2) is 8.96. The van der Waals surface area contributed by atoms with Gasteiger partial charge in [-0.3, -0.25) is 4.79 Å². The number of carbonyl (C=O) groups excluding carboxylic acids is 1. The number of hydrogen-bond acceptors (Lipinski definition) is 4. The Bertz CT molecular complexity index is 643. The lowest BCUT2D eigenvalue weighted by Crippen LogP contribution is -2.26. The number of halogens is 1. The van der Waals surface area contributed by atoms with Gasteiger partial charge in [-0.15, -0.1) is 0 Å². The SMILES string of the molecule is CCCCN(C)c1ncc(C(=O)NCCc2ccc(F)cc2)cn1. The molecule has 0 spiro atoms. The Morgan fingerprint density at radius 3 is 2.50 bits per heavy atom. The number of anilines is 1. The summed E-state index contributed by atoms with van der Waals surface area (Å²) in [5, 5.41) is 2.82. The summed E-state index contributed by atoms with van der Waals surface area (Å²) in [7, 11) is 1.94. The molecular formula is C18H23FN4O. The van der Waals surface area contributed by atoms with E-state index in [2.05, 4.69) is 22.2 Å². The van der Waals surface area contributed by atoms with Gasteiger partial charge in [0, 0.05) is 32.5 Å². The van der Waals surface area contributed by atoms with Crippen molar-refractivity contribution in [1.29, 1.82) is 0 Å². The molecular weight excluding hydrogens is 307 g/mol. The van der Waals surface area contributed by atoms with Gasteiger partial charge in [0.2, 0.25) is 5.95 Å². The topological polar surface area (TPSA) is 58.1 Å². The Morgan fingerprint density at radius 1 is 1.21 bits per heavy atom. The molecule has 2 aromatic rings. The van der Waals surface area contributed by atoms with E-state index in [0.717, 1.165) is 24.9 Å². The maximum atomic E-state index is 12.8. The van der Waals surface area contributed by atoms with Gasteiger partial charge < -0.3 is 10.2 Å². The molecule has 24 heavy (non-hydrogen) atoms. The summed E-state index contributed by atoms with van der Waals surface area (Å²) >= 11 is 0. The van der Waals surface area contributed by atoms with Crippen LogP contribution >= 0.6 is 0 Å². The molecule has 1 aromatic carbocycles. The minimum Gasteiger partial charge on any atom is -0.352 e. The number of nitrogens with one attached hydrogen (secondary N) is 1. The maximum Gasteiger partial charge on any atom is 0.254 e. The quantitative estimate of drug-likeness (QED) is 0.808. The third-order valence-electron chi connectivity index (χ3n) is 3.70. The van der Waals surface area contributed by atoms with E-state index in [1.165, 1.54) is 24.5 Å². The largest absolute Gasteiger partial charge is 0.352 e. The summed E-state index contributed by atoms with van der Waals surface area (Å²) in [5.41, 5.74) is 1.41. The van der Waals surface area contributed by atoms with Crippen LogP contribution in [0.4, 0.5) is 10.3 Å². The number of benzene rings is 1. The zero-order valence-electron chi connectivity index (χ0n) is 14.1. The number of carbonyl (C=O) groups is 1. The van der Waals surface area contributed by atoms with Crippen LogP contribution in [0.1, 0.15) is 35.7 Å². The zero-order chi connectivity index (χ0) is 17.4. The van der Waals surface area contributed by atoms with Crippen LogP contribution in [0.15, 0.2) is 36.7 Å². The third-order valence-corrected chi connectivity index (χ3v) is 3.70. The summed E-state index contributed by atoms with van der Waals surface area (Å²) in [5.74, 6) is 0.148. The maximum absolute atomic E-state index is 12.8. The number of nitrogens with zero attached hydrogens (tertiary/aromatic N) is 3. The van der Waals surface area contributed by atoms with E-state index in [1.807, 2.05) is 11.9 Å². The summed E-state index contributed by atoms with van der Waals surface area (Å²) < 4.78 is 12.8. The van der Waals surface area contributed by atoms with E-state index < -0.39 is 0 Å². The Labute approximate surface area is 141 Å². The standard InChI is InChI=1S/C18H23FN4O/c1-3-4-11-23(2)18-21-12-15(13-22-18)17(24)20-10-9-14-5-7-16(19)8-6-14/h5-8,12-13H,3-4,9-11H2,1-2H3,(H,20,24). The van der Waals surface area contributed by atoms with Crippen molar-refractivity contribution in [2.45, 2.75) is 26.2 Å². The van der Waals surface area contributed by atoms with E-state index in [1.54, 1.807) is 12.1 Å². The van der Waals surface area contributed by atoms with Gasteiger partial charge in [0.15, 0.2) is 0 Å². The molecule has 0 aliphatic carbocycles. The van der Waals surface area contributed by atoms with E-state index in [4.69, 9.17) is 0 Å². The van der Waals surface area contributed by atoms with Crippen molar-refractivity contribution in [2.75, 3.05) is 25.0 Å². The Balaban J connectivity index is 1.82. The smallest absolute Gasteiger partial charge is 0.254 e. The Hall–Kier alpha value is -2.50. The van der Waals surface area contributed by atoms with Crippen LogP contribution in [0, 0.1) is 5.82 Å². The Kier molecular flexibility index (Phi) is 6.66. The first-order valence-electron chi connectivity index (χ1n) is 8.16. The highest BCUT2D eigenvalue weighted by Crippen LogP contribution is 2.07. The highest BCUT2D eigenvalue weighted by Gasteiger charge is 2.08. The number of amides is 1. The van der Waals surface area contributed by atoms with Crippen LogP contribution in [0.2, 0.25) is 0 Å². The number of rotatable bonds is 8. The molecule has 0 atom stereocenters. The summed E-state index contributed by atoms with van der Waals surface area (Å²) in [6.07, 6.45) is 5.91. The molecule has 0 fully saturated rings. The van der Waals surface area contributed by atoms with Crippen molar-refractivity contribution < 1.29 is 9.18 Å². The van der Waals surface area contributed by atoms with Gasteiger partial charge in [-0.2, -0.15) is 0 Å². The third kappa shape index (κ3) is 5.30. The fraction of sp³-hybridized carbons (Fsp3) is 0.389. The molecule has 1 N–H and O–H groups in total. The molecule has 1 heterocycles. The van der Waals surface area contributed by atoms with Crippen molar-refractivity contribution in [3.63, 3.8) is 0 Å². The zero-order valence-corrected chi connectivity index (χ0v) is 14.1. The van der Waals surface area contributed by atoms with Gasteiger partial charge >= 0.3 is 0 Å². The molecule has 0 radical (unpaired) electrons. The molecule has 0 aliphatic heterocycles. The van der Waals surface area contributed by atoms with Crippen molar-refractivity contribution in [1.82, 2.24) is 15.3 Å². The summed E-state index contributed by atoms with van der Waals surface area (Å²) in [6.45, 7) is 3.50. The molecule has 0 unspecified atom stereocenters. The van der Waals surface area contributed by atoms with Gasteiger partial charge in [-0.1, -0.05) is 25.5 Å². The van der Waals surface area contributed by atoms with Gasteiger partial charge in [0.05, 0.1) is 5.56 Å². The van der Waals surface area contributed by atoms with Gasteiger partial charge in [-0.05, 0) is 30.5 Å². The van der Waals surface area contributed by atoms with E-state index in [0.29, 0.717) is 24.5 Å². The second-order valence-corrected chi connectivity index (χ2v) is 5.68. The first kappa shape index (κ1) is 17.8. The highest BCUT2D eigenvalue weighted by atomic mass is 19.1. The molecule has 1 aromatic heterocycles. The molecule has 2 rings (SSSR count). The van der Waals surface area contributed by atoms with Crippen LogP contribution < -0.4 is 10.2 Å². The van der Waals surface area contributed by atoms with Crippen LogP contribution in [0.25, 0.3) is 0 Å². The molecule has 6 heteroatoms. The fourth-order valence-corrected chi connectivity index (χ4v) is 2.20. The number of unbranched alkanes of at least 4 members (excludes halogenated alkanes) is 1. The first-order valence-corrected chi connectivity index (χ1v) is 8.16. The average Bonchev–Trinajstić information content (AvgIpc) is 2.61. The van der Waals surface area contributed by atoms with Crippen LogP contribution in [-0.2, 0) is 6.42 Å². The van der Waals surface area contributed by atoms with Crippen molar-refractivity contribution >= 4 is 11.9 Å². The monoisotopic (exact) mass is 330 g/mol. The van der Waals surface area contributed by atoms with Crippen LogP contribution in [0.5, 0.6) is 0 Å². The minimum absolute atomic E-state index is 0.208. The Morgan fingerprint density at radius 2 is 1.88 bits per heavy atom. The molecule has 0 bridgehead atoms. The highest BCUT2D eigenvalue weighted by molar-refractivity contribution is 5.93. The van der Waals surface area contributed by atoms with Gasteiger partial charge in [0.1, 0.15) is 5.82 Å². The average molecular weight is 330 g/mol. The molecule has 5 nitrogen and oxygen atoms in total. The van der Waals surface area contributed by atoms with Crippen LogP contribution in [0.3, 0.4) is 0 Å². The summed E-state index contributed by atoms with van der Waals surface area (Å²) in [4.78, 5) is 22.5. The number of aromatic nitrogens is 2. The van der Waals surface area contributed by atoms with E-state index >= 15 is 0 Å². The van der Waals surface area contributed by atoms with Crippen molar-refractivity contribution in [2.24, 2.45) is 0 Å². The van der Waals surface area contributed by atoms with E-state index in [-0.39, 0.29) is 11.7 Å². The minimum atomic E-state index is -0.260. The van der Waals surface area contributed by atoms with Gasteiger partial charge in [0.25, 0.3) is 5.91 Å².